The van der Waals surface area contributed by atoms with Crippen LogP contribution in [-0.2, 0) is 0 Å². The van der Waals surface area contributed by atoms with Crippen LogP contribution in [0.1, 0.15) is 0 Å². The Morgan fingerprint density at radius 1 is 1.19 bits per heavy atom. The Morgan fingerprint density at radius 2 is 1.81 bits per heavy atom. The summed E-state index contributed by atoms with van der Waals surface area (Å²) in [5.41, 5.74) is 0. The lowest BCUT2D eigenvalue weighted by atomic mass is 10.3. The number of hydrogen-bond acceptors (Lipinski definition) is 4. The Labute approximate surface area is 109 Å². The number of hydrogen-bond donors (Lipinski definition) is 0. The van der Waals surface area contributed by atoms with E-state index in [2.05, 4.69) is 35.7 Å². The fourth-order valence-electron chi connectivity index (χ4n) is 1.76. The summed E-state index contributed by atoms with van der Waals surface area (Å²) < 4.78 is 0.914. The van der Waals surface area contributed by atoms with E-state index in [9.17, 15) is 0 Å². The van der Waals surface area contributed by atoms with E-state index < -0.39 is 0 Å². The molecule has 2 heterocycles. The van der Waals surface area contributed by atoms with Gasteiger partial charge in [0.05, 0.1) is 4.47 Å². The molecule has 1 saturated heterocycles. The lowest BCUT2D eigenvalue weighted by Gasteiger charge is -2.34. The van der Waals surface area contributed by atoms with Gasteiger partial charge in [0.25, 0.3) is 0 Å². The number of alkyl halides is 1. The van der Waals surface area contributed by atoms with Gasteiger partial charge in [-0.25, -0.2) is 9.97 Å². The van der Waals surface area contributed by atoms with Gasteiger partial charge in [0, 0.05) is 51.0 Å². The SMILES string of the molecule is ClCCN1CCN(c2ncc(Br)cn2)CC1. The average Bonchev–Trinajstić information content (AvgIpc) is 2.32. The molecular weight excluding hydrogens is 291 g/mol. The van der Waals surface area contributed by atoms with Crippen molar-refractivity contribution in [3.05, 3.63) is 16.9 Å². The van der Waals surface area contributed by atoms with Crippen molar-refractivity contribution in [2.45, 2.75) is 0 Å². The summed E-state index contributed by atoms with van der Waals surface area (Å²) in [5.74, 6) is 1.52. The van der Waals surface area contributed by atoms with Crippen LogP contribution >= 0.6 is 27.5 Å². The van der Waals surface area contributed by atoms with E-state index in [1.165, 1.54) is 0 Å². The van der Waals surface area contributed by atoms with Gasteiger partial charge in [0.15, 0.2) is 0 Å². The van der Waals surface area contributed by atoms with E-state index in [0.717, 1.165) is 43.1 Å². The van der Waals surface area contributed by atoms with E-state index >= 15 is 0 Å². The Hall–Kier alpha value is -0.390. The second-order valence-corrected chi connectivity index (χ2v) is 5.01. The molecule has 0 saturated carbocycles. The van der Waals surface area contributed by atoms with Crippen LogP contribution in [0.15, 0.2) is 16.9 Å². The van der Waals surface area contributed by atoms with Crippen LogP contribution < -0.4 is 4.90 Å². The first kappa shape index (κ1) is 12.1. The van der Waals surface area contributed by atoms with E-state index in [0.29, 0.717) is 5.88 Å². The summed E-state index contributed by atoms with van der Waals surface area (Å²) in [6, 6.07) is 0. The summed E-state index contributed by atoms with van der Waals surface area (Å²) in [6.07, 6.45) is 3.57. The molecule has 16 heavy (non-hydrogen) atoms. The van der Waals surface area contributed by atoms with Crippen molar-refractivity contribution in [3.63, 3.8) is 0 Å². The molecule has 1 aromatic rings. The maximum absolute atomic E-state index is 5.72. The number of aromatic nitrogens is 2. The van der Waals surface area contributed by atoms with Crippen molar-refractivity contribution in [2.75, 3.05) is 43.5 Å². The molecule has 0 radical (unpaired) electrons. The van der Waals surface area contributed by atoms with Gasteiger partial charge in [-0.1, -0.05) is 0 Å². The first-order chi connectivity index (χ1) is 7.79. The van der Waals surface area contributed by atoms with Crippen LogP contribution in [0.25, 0.3) is 0 Å². The number of piperazine rings is 1. The summed E-state index contributed by atoms with van der Waals surface area (Å²) in [7, 11) is 0. The van der Waals surface area contributed by atoms with Crippen molar-refractivity contribution in [3.8, 4) is 0 Å². The monoisotopic (exact) mass is 304 g/mol. The molecule has 0 bridgehead atoms. The summed E-state index contributed by atoms with van der Waals surface area (Å²) >= 11 is 9.05. The molecule has 2 rings (SSSR count). The molecule has 88 valence electrons. The van der Waals surface area contributed by atoms with Crippen LogP contribution in [-0.4, -0.2) is 53.5 Å². The highest BCUT2D eigenvalue weighted by Crippen LogP contribution is 2.13. The molecule has 0 spiro atoms. The van der Waals surface area contributed by atoms with Gasteiger partial charge in [-0.3, -0.25) is 4.90 Å². The normalized spacial score (nSPS) is 17.8. The number of halogens is 2. The third kappa shape index (κ3) is 3.06. The Bertz CT molecular complexity index is 324. The molecule has 4 nitrogen and oxygen atoms in total. The van der Waals surface area contributed by atoms with Gasteiger partial charge in [0.1, 0.15) is 0 Å². The van der Waals surface area contributed by atoms with Gasteiger partial charge in [-0.2, -0.15) is 0 Å². The van der Waals surface area contributed by atoms with E-state index in [4.69, 9.17) is 11.6 Å². The molecule has 6 heteroatoms. The van der Waals surface area contributed by atoms with Crippen LogP contribution in [0.5, 0.6) is 0 Å². The van der Waals surface area contributed by atoms with Crippen molar-refractivity contribution in [1.82, 2.24) is 14.9 Å². The van der Waals surface area contributed by atoms with Gasteiger partial charge in [0.2, 0.25) is 5.95 Å². The molecular formula is C10H14BrClN4. The van der Waals surface area contributed by atoms with E-state index in [1.54, 1.807) is 12.4 Å². The van der Waals surface area contributed by atoms with Crippen LogP contribution in [0.3, 0.4) is 0 Å². The standard InChI is InChI=1S/C10H14BrClN4/c11-9-7-13-10(14-8-9)16-5-3-15(2-1-12)4-6-16/h7-8H,1-6H2. The maximum atomic E-state index is 5.72. The lowest BCUT2D eigenvalue weighted by Crippen LogP contribution is -2.47. The van der Waals surface area contributed by atoms with E-state index in [1.807, 2.05) is 0 Å². The van der Waals surface area contributed by atoms with Crippen molar-refractivity contribution in [1.29, 1.82) is 0 Å². The minimum Gasteiger partial charge on any atom is -0.338 e. The average molecular weight is 306 g/mol. The molecule has 1 aliphatic rings. The fraction of sp³-hybridized carbons (Fsp3) is 0.600. The first-order valence-electron chi connectivity index (χ1n) is 5.30. The molecule has 0 atom stereocenters. The quantitative estimate of drug-likeness (QED) is 0.794. The Kier molecular flexibility index (Phi) is 4.37. The zero-order valence-corrected chi connectivity index (χ0v) is 11.3. The molecule has 0 aromatic carbocycles. The summed E-state index contributed by atoms with van der Waals surface area (Å²) in [4.78, 5) is 13.2. The fourth-order valence-corrected chi connectivity index (χ4v) is 2.20. The topological polar surface area (TPSA) is 32.3 Å². The van der Waals surface area contributed by atoms with Gasteiger partial charge >= 0.3 is 0 Å². The minimum absolute atomic E-state index is 0.703. The summed E-state index contributed by atoms with van der Waals surface area (Å²) in [5, 5.41) is 0. The third-order valence-electron chi connectivity index (χ3n) is 2.66. The van der Waals surface area contributed by atoms with Crippen molar-refractivity contribution < 1.29 is 0 Å². The second kappa shape index (κ2) is 5.80. The molecule has 1 fully saturated rings. The molecule has 0 unspecified atom stereocenters. The third-order valence-corrected chi connectivity index (χ3v) is 3.24. The summed E-state index contributed by atoms with van der Waals surface area (Å²) in [6.45, 7) is 4.98. The van der Waals surface area contributed by atoms with Gasteiger partial charge in [-0.15, -0.1) is 11.6 Å². The largest absolute Gasteiger partial charge is 0.338 e. The molecule has 0 N–H and O–H groups in total. The first-order valence-corrected chi connectivity index (χ1v) is 6.63. The highest BCUT2D eigenvalue weighted by atomic mass is 79.9. The van der Waals surface area contributed by atoms with Gasteiger partial charge in [-0.05, 0) is 15.9 Å². The van der Waals surface area contributed by atoms with Crippen LogP contribution in [0.2, 0.25) is 0 Å². The molecule has 0 aliphatic carbocycles. The highest BCUT2D eigenvalue weighted by molar-refractivity contribution is 9.10. The minimum atomic E-state index is 0.703. The zero-order chi connectivity index (χ0) is 11.4. The lowest BCUT2D eigenvalue weighted by molar-refractivity contribution is 0.271. The highest BCUT2D eigenvalue weighted by Gasteiger charge is 2.17. The number of rotatable bonds is 3. The Balaban J connectivity index is 1.91. The molecule has 0 amide bonds. The van der Waals surface area contributed by atoms with Gasteiger partial charge < -0.3 is 4.90 Å². The van der Waals surface area contributed by atoms with E-state index in [-0.39, 0.29) is 0 Å². The second-order valence-electron chi connectivity index (χ2n) is 3.72. The molecule has 1 aromatic heterocycles. The number of nitrogens with zero attached hydrogens (tertiary/aromatic N) is 4. The predicted molar refractivity (Wildman–Crippen MR) is 69.1 cm³/mol. The Morgan fingerprint density at radius 3 is 2.38 bits per heavy atom. The molecule has 1 aliphatic heterocycles. The maximum Gasteiger partial charge on any atom is 0.225 e. The van der Waals surface area contributed by atoms with Crippen LogP contribution in [0.4, 0.5) is 5.95 Å². The number of anilines is 1. The van der Waals surface area contributed by atoms with Crippen molar-refractivity contribution in [2.24, 2.45) is 0 Å². The van der Waals surface area contributed by atoms with Crippen LogP contribution in [0, 0.1) is 0 Å². The predicted octanol–water partition coefficient (Wildman–Crippen LogP) is 1.60. The zero-order valence-electron chi connectivity index (χ0n) is 8.94. The smallest absolute Gasteiger partial charge is 0.225 e. The van der Waals surface area contributed by atoms with Crippen molar-refractivity contribution >= 4 is 33.5 Å².